The third-order valence-corrected chi connectivity index (χ3v) is 1.24. The van der Waals surface area contributed by atoms with Crippen LogP contribution >= 0.6 is 0 Å². The number of aryl methyl sites for hydroxylation is 1. The lowest BCUT2D eigenvalue weighted by Gasteiger charge is -2.00. The van der Waals surface area contributed by atoms with Crippen molar-refractivity contribution < 1.29 is 0 Å². The summed E-state index contributed by atoms with van der Waals surface area (Å²) in [6.07, 6.45) is 2.05. The number of anilines is 1. The molecule has 1 rings (SSSR count). The smallest absolute Gasteiger partial charge is 0.129 e. The molecule has 4 heteroatoms. The molecule has 0 fully saturated rings. The van der Waals surface area contributed by atoms with Crippen LogP contribution in [0.5, 0.6) is 0 Å². The topological polar surface area (TPSA) is 51.8 Å². The maximum atomic E-state index is 5.50. The average Bonchev–Trinajstić information content (AvgIpc) is 1.88. The maximum Gasteiger partial charge on any atom is 0.129 e. The molecule has 1 aromatic heterocycles. The van der Waals surface area contributed by atoms with Crippen LogP contribution in [0, 0.1) is 6.92 Å². The van der Waals surface area contributed by atoms with Crippen molar-refractivity contribution in [3.05, 3.63) is 17.6 Å². The SMILES string of the molecule is [B]Cc1cnc(C)nc1N. The van der Waals surface area contributed by atoms with Gasteiger partial charge in [0.2, 0.25) is 0 Å². The molecule has 0 atom stereocenters. The average molecular weight is 133 g/mol. The summed E-state index contributed by atoms with van der Waals surface area (Å²) in [5, 5.41) is 0. The van der Waals surface area contributed by atoms with Crippen molar-refractivity contribution in [1.29, 1.82) is 0 Å². The van der Waals surface area contributed by atoms with E-state index in [1.807, 2.05) is 0 Å². The van der Waals surface area contributed by atoms with Gasteiger partial charge >= 0.3 is 0 Å². The minimum absolute atomic E-state index is 0.395. The minimum atomic E-state index is 0.395. The highest BCUT2D eigenvalue weighted by molar-refractivity contribution is 6.08. The van der Waals surface area contributed by atoms with Gasteiger partial charge in [0, 0.05) is 11.8 Å². The maximum absolute atomic E-state index is 5.50. The van der Waals surface area contributed by atoms with E-state index in [4.69, 9.17) is 13.6 Å². The third-order valence-electron chi connectivity index (χ3n) is 1.24. The first-order valence-electron chi connectivity index (χ1n) is 3.02. The van der Waals surface area contributed by atoms with Crippen molar-refractivity contribution in [2.75, 3.05) is 5.73 Å². The lowest BCUT2D eigenvalue weighted by molar-refractivity contribution is 1.03. The van der Waals surface area contributed by atoms with Crippen molar-refractivity contribution in [2.45, 2.75) is 13.2 Å². The van der Waals surface area contributed by atoms with Crippen molar-refractivity contribution >= 4 is 13.7 Å². The number of aromatic nitrogens is 2. The monoisotopic (exact) mass is 133 g/mol. The van der Waals surface area contributed by atoms with Crippen LogP contribution in [0.4, 0.5) is 5.82 Å². The molecule has 3 nitrogen and oxygen atoms in total. The van der Waals surface area contributed by atoms with Gasteiger partial charge in [-0.1, -0.05) is 6.32 Å². The quantitative estimate of drug-likeness (QED) is 0.550. The zero-order valence-electron chi connectivity index (χ0n) is 5.83. The van der Waals surface area contributed by atoms with Gasteiger partial charge in [-0.3, -0.25) is 0 Å². The lowest BCUT2D eigenvalue weighted by atomic mass is 9.99. The normalized spacial score (nSPS) is 9.70. The van der Waals surface area contributed by atoms with E-state index in [2.05, 4.69) is 9.97 Å². The van der Waals surface area contributed by atoms with Crippen LogP contribution in [0.15, 0.2) is 6.20 Å². The molecule has 0 aliphatic carbocycles. The molecule has 10 heavy (non-hydrogen) atoms. The molecule has 0 bridgehead atoms. The van der Waals surface area contributed by atoms with Crippen molar-refractivity contribution in [3.8, 4) is 0 Å². The van der Waals surface area contributed by atoms with Gasteiger partial charge in [0.1, 0.15) is 11.6 Å². The molecule has 2 radical (unpaired) electrons. The van der Waals surface area contributed by atoms with Gasteiger partial charge in [-0.25, -0.2) is 9.97 Å². The first kappa shape index (κ1) is 7.06. The Kier molecular flexibility index (Phi) is 1.90. The molecular formula is C6H8BN3. The van der Waals surface area contributed by atoms with Gasteiger partial charge in [0.05, 0.1) is 7.85 Å². The molecule has 0 amide bonds. The molecule has 50 valence electrons. The predicted octanol–water partition coefficient (Wildman–Crippen LogP) is 0.0357. The summed E-state index contributed by atoms with van der Waals surface area (Å²) in [4.78, 5) is 7.87. The highest BCUT2D eigenvalue weighted by atomic mass is 14.9. The Morgan fingerprint density at radius 3 is 2.90 bits per heavy atom. The Labute approximate surface area is 61.1 Å². The Balaban J connectivity index is 3.07. The van der Waals surface area contributed by atoms with Gasteiger partial charge < -0.3 is 5.73 Å². The predicted molar refractivity (Wildman–Crippen MR) is 40.6 cm³/mol. The summed E-state index contributed by atoms with van der Waals surface area (Å²) < 4.78 is 0. The molecule has 0 aliphatic rings. The van der Waals surface area contributed by atoms with Gasteiger partial charge in [-0.15, -0.1) is 0 Å². The van der Waals surface area contributed by atoms with E-state index in [0.29, 0.717) is 18.0 Å². The second-order valence-electron chi connectivity index (χ2n) is 2.03. The Hall–Kier alpha value is -1.06. The molecule has 0 aliphatic heterocycles. The van der Waals surface area contributed by atoms with E-state index in [1.165, 1.54) is 0 Å². The van der Waals surface area contributed by atoms with Gasteiger partial charge in [-0.2, -0.15) is 0 Å². The van der Waals surface area contributed by atoms with E-state index in [-0.39, 0.29) is 0 Å². The molecule has 0 unspecified atom stereocenters. The van der Waals surface area contributed by atoms with Crippen LogP contribution in [-0.2, 0) is 6.32 Å². The van der Waals surface area contributed by atoms with Gasteiger partial charge in [-0.05, 0) is 6.92 Å². The summed E-state index contributed by atoms with van der Waals surface area (Å²) >= 11 is 0. The highest BCUT2D eigenvalue weighted by Crippen LogP contribution is 2.05. The number of nitrogen functional groups attached to an aromatic ring is 1. The van der Waals surface area contributed by atoms with E-state index < -0.39 is 0 Å². The van der Waals surface area contributed by atoms with Crippen molar-refractivity contribution in [1.82, 2.24) is 9.97 Å². The van der Waals surface area contributed by atoms with Crippen LogP contribution < -0.4 is 5.73 Å². The first-order chi connectivity index (χ1) is 4.74. The minimum Gasteiger partial charge on any atom is -0.383 e. The Morgan fingerprint density at radius 1 is 1.70 bits per heavy atom. The number of hydrogen-bond acceptors (Lipinski definition) is 3. The van der Waals surface area contributed by atoms with Crippen LogP contribution in [-0.4, -0.2) is 17.8 Å². The fraction of sp³-hybridized carbons (Fsp3) is 0.333. The fourth-order valence-corrected chi connectivity index (χ4v) is 0.670. The zero-order chi connectivity index (χ0) is 7.56. The van der Waals surface area contributed by atoms with Gasteiger partial charge in [0.25, 0.3) is 0 Å². The standard InChI is InChI=1S/C6H8BN3/c1-4-9-3-5(2-7)6(8)10-4/h3H,2H2,1H3,(H2,8,9,10). The van der Waals surface area contributed by atoms with Crippen LogP contribution in [0.3, 0.4) is 0 Å². The van der Waals surface area contributed by atoms with Gasteiger partial charge in [0.15, 0.2) is 0 Å². The van der Waals surface area contributed by atoms with E-state index >= 15 is 0 Å². The molecule has 2 N–H and O–H groups in total. The lowest BCUT2D eigenvalue weighted by Crippen LogP contribution is -2.00. The molecule has 0 spiro atoms. The summed E-state index contributed by atoms with van der Waals surface area (Å²) in [6, 6.07) is 0. The van der Waals surface area contributed by atoms with Crippen LogP contribution in [0.1, 0.15) is 11.4 Å². The molecular weight excluding hydrogens is 125 g/mol. The number of rotatable bonds is 1. The Morgan fingerprint density at radius 2 is 2.40 bits per heavy atom. The highest BCUT2D eigenvalue weighted by Gasteiger charge is 1.96. The number of nitrogens with two attached hydrogens (primary N) is 1. The summed E-state index contributed by atoms with van der Waals surface area (Å²) in [5.41, 5.74) is 6.30. The van der Waals surface area contributed by atoms with Crippen LogP contribution in [0.25, 0.3) is 0 Å². The van der Waals surface area contributed by atoms with Crippen molar-refractivity contribution in [2.24, 2.45) is 0 Å². The van der Waals surface area contributed by atoms with Crippen LogP contribution in [0.2, 0.25) is 0 Å². The molecule has 1 aromatic rings. The third kappa shape index (κ3) is 1.26. The zero-order valence-corrected chi connectivity index (χ0v) is 5.83. The van der Waals surface area contributed by atoms with E-state index in [0.717, 1.165) is 5.56 Å². The van der Waals surface area contributed by atoms with E-state index in [9.17, 15) is 0 Å². The molecule has 0 saturated heterocycles. The summed E-state index contributed by atoms with van der Waals surface area (Å²) in [7, 11) is 5.34. The molecule has 0 aromatic carbocycles. The second kappa shape index (κ2) is 2.69. The molecule has 0 saturated carbocycles. The number of nitrogens with zero attached hydrogens (tertiary/aromatic N) is 2. The van der Waals surface area contributed by atoms with Crippen molar-refractivity contribution in [3.63, 3.8) is 0 Å². The second-order valence-corrected chi connectivity index (χ2v) is 2.03. The fourth-order valence-electron chi connectivity index (χ4n) is 0.670. The first-order valence-corrected chi connectivity index (χ1v) is 3.02. The summed E-state index contributed by atoms with van der Waals surface area (Å²) in [6.45, 7) is 1.79. The molecule has 1 heterocycles. The summed E-state index contributed by atoms with van der Waals surface area (Å²) in [5.74, 6) is 1.16. The Bertz CT molecular complexity index is 236. The van der Waals surface area contributed by atoms with E-state index in [1.54, 1.807) is 13.1 Å². The number of hydrogen-bond donors (Lipinski definition) is 1. The largest absolute Gasteiger partial charge is 0.383 e.